The molecule has 0 saturated carbocycles. The molecule has 1 atom stereocenters. The maximum Gasteiger partial charge on any atom is 0.416 e. The molecule has 210 valence electrons. The monoisotopic (exact) mass is 575 g/mol. The largest absolute Gasteiger partial charge is 0.416 e. The normalized spacial score (nSPS) is 12.6. The van der Waals surface area contributed by atoms with Gasteiger partial charge in [0.05, 0.1) is 22.5 Å². The van der Waals surface area contributed by atoms with Crippen molar-refractivity contribution in [1.29, 1.82) is 0 Å². The summed E-state index contributed by atoms with van der Waals surface area (Å²) in [6.07, 6.45) is -2.16. The van der Waals surface area contributed by atoms with Crippen LogP contribution in [0.2, 0.25) is 5.02 Å². The van der Waals surface area contributed by atoms with Crippen molar-refractivity contribution in [3.8, 4) is 0 Å². The summed E-state index contributed by atoms with van der Waals surface area (Å²) in [5, 5.41) is 2.53. The molecular weight excluding hydrogens is 543 g/mol. The topological polar surface area (TPSA) is 86.8 Å². The summed E-state index contributed by atoms with van der Waals surface area (Å²) in [6.45, 7) is 5.12. The van der Waals surface area contributed by atoms with Crippen LogP contribution in [0.4, 0.5) is 18.9 Å². The fourth-order valence-electron chi connectivity index (χ4n) is 3.91. The van der Waals surface area contributed by atoms with Gasteiger partial charge in [0, 0.05) is 13.1 Å². The Bertz CT molecular complexity index is 1240. The fourth-order valence-corrected chi connectivity index (χ4v) is 5.03. The van der Waals surface area contributed by atoms with E-state index >= 15 is 0 Å². The van der Waals surface area contributed by atoms with Gasteiger partial charge in [0.25, 0.3) is 0 Å². The number of benzene rings is 2. The molecule has 2 aromatic carbocycles. The number of nitrogens with zero attached hydrogens (tertiary/aromatic N) is 2. The molecule has 2 aromatic rings. The SMILES string of the molecule is CCCCNC(=O)[C@@H](CC)N(Cc1cccc(C)c1)C(=O)CN(c1cc(C(F)(F)F)ccc1Cl)S(C)(=O)=O. The predicted molar refractivity (Wildman–Crippen MR) is 142 cm³/mol. The van der Waals surface area contributed by atoms with E-state index in [4.69, 9.17) is 11.6 Å². The van der Waals surface area contributed by atoms with Crippen molar-refractivity contribution in [2.24, 2.45) is 0 Å². The summed E-state index contributed by atoms with van der Waals surface area (Å²) in [6, 6.07) is 8.59. The minimum Gasteiger partial charge on any atom is -0.354 e. The molecule has 0 fully saturated rings. The summed E-state index contributed by atoms with van der Waals surface area (Å²) in [4.78, 5) is 28.0. The highest BCUT2D eigenvalue weighted by Crippen LogP contribution is 2.36. The zero-order chi connectivity index (χ0) is 28.7. The number of carbonyl (C=O) groups excluding carboxylic acids is 2. The summed E-state index contributed by atoms with van der Waals surface area (Å²) >= 11 is 6.11. The van der Waals surface area contributed by atoms with E-state index in [0.29, 0.717) is 22.5 Å². The first-order valence-electron chi connectivity index (χ1n) is 12.2. The number of unbranched alkanes of at least 4 members (excludes halogenated alkanes) is 1. The van der Waals surface area contributed by atoms with Gasteiger partial charge in [-0.15, -0.1) is 0 Å². The highest BCUT2D eigenvalue weighted by molar-refractivity contribution is 7.92. The number of hydrogen-bond acceptors (Lipinski definition) is 4. The van der Waals surface area contributed by atoms with Crippen LogP contribution >= 0.6 is 11.6 Å². The molecule has 2 amide bonds. The van der Waals surface area contributed by atoms with E-state index in [2.05, 4.69) is 5.32 Å². The molecule has 0 saturated heterocycles. The molecule has 0 unspecified atom stereocenters. The summed E-state index contributed by atoms with van der Waals surface area (Å²) in [5.74, 6) is -1.16. The molecule has 2 rings (SSSR count). The lowest BCUT2D eigenvalue weighted by Gasteiger charge is -2.33. The minimum atomic E-state index is -4.76. The van der Waals surface area contributed by atoms with Gasteiger partial charge in [-0.3, -0.25) is 13.9 Å². The van der Waals surface area contributed by atoms with Gasteiger partial charge >= 0.3 is 6.18 Å². The van der Waals surface area contributed by atoms with Crippen LogP contribution in [0, 0.1) is 6.92 Å². The van der Waals surface area contributed by atoms with E-state index in [0.717, 1.165) is 36.8 Å². The number of sulfonamides is 1. The van der Waals surface area contributed by atoms with Crippen molar-refractivity contribution in [3.05, 3.63) is 64.2 Å². The molecule has 12 heteroatoms. The van der Waals surface area contributed by atoms with Crippen LogP contribution in [-0.4, -0.2) is 50.5 Å². The first kappa shape index (κ1) is 31.4. The van der Waals surface area contributed by atoms with E-state index < -0.39 is 51.9 Å². The first-order chi connectivity index (χ1) is 17.7. The third-order valence-electron chi connectivity index (χ3n) is 5.87. The number of amides is 2. The number of alkyl halides is 3. The van der Waals surface area contributed by atoms with Gasteiger partial charge in [0.15, 0.2) is 0 Å². The third-order valence-corrected chi connectivity index (χ3v) is 7.32. The quantitative estimate of drug-likeness (QED) is 0.354. The van der Waals surface area contributed by atoms with E-state index in [1.807, 2.05) is 26.0 Å². The average molecular weight is 576 g/mol. The van der Waals surface area contributed by atoms with Crippen molar-refractivity contribution in [2.75, 3.05) is 23.7 Å². The van der Waals surface area contributed by atoms with Crippen LogP contribution in [0.25, 0.3) is 0 Å². The van der Waals surface area contributed by atoms with Crippen LogP contribution < -0.4 is 9.62 Å². The van der Waals surface area contributed by atoms with Crippen molar-refractivity contribution in [1.82, 2.24) is 10.2 Å². The maximum absolute atomic E-state index is 13.7. The molecule has 0 spiro atoms. The van der Waals surface area contributed by atoms with Crippen molar-refractivity contribution in [3.63, 3.8) is 0 Å². The first-order valence-corrected chi connectivity index (χ1v) is 14.4. The second-order valence-electron chi connectivity index (χ2n) is 9.01. The van der Waals surface area contributed by atoms with Gasteiger partial charge in [-0.2, -0.15) is 13.2 Å². The van der Waals surface area contributed by atoms with E-state index in [9.17, 15) is 31.2 Å². The Morgan fingerprint density at radius 2 is 1.79 bits per heavy atom. The molecule has 0 aliphatic rings. The molecule has 38 heavy (non-hydrogen) atoms. The van der Waals surface area contributed by atoms with Crippen molar-refractivity contribution in [2.45, 2.75) is 58.8 Å². The molecular formula is C26H33ClF3N3O4S. The molecule has 7 nitrogen and oxygen atoms in total. The number of carbonyl (C=O) groups is 2. The van der Waals surface area contributed by atoms with Crippen LogP contribution in [0.1, 0.15) is 49.8 Å². The second kappa shape index (κ2) is 13.3. The number of rotatable bonds is 12. The van der Waals surface area contributed by atoms with Crippen molar-refractivity contribution >= 4 is 39.1 Å². The molecule has 0 bridgehead atoms. The Morgan fingerprint density at radius 3 is 2.34 bits per heavy atom. The Labute approximate surface area is 227 Å². The zero-order valence-corrected chi connectivity index (χ0v) is 23.4. The van der Waals surface area contributed by atoms with Crippen LogP contribution in [0.3, 0.4) is 0 Å². The van der Waals surface area contributed by atoms with E-state index in [1.54, 1.807) is 19.1 Å². The molecule has 0 aliphatic heterocycles. The highest BCUT2D eigenvalue weighted by atomic mass is 35.5. The van der Waals surface area contributed by atoms with E-state index in [-0.39, 0.29) is 18.0 Å². The van der Waals surface area contributed by atoms with Gasteiger partial charge in [0.1, 0.15) is 12.6 Å². The molecule has 0 heterocycles. The standard InChI is InChI=1S/C26H33ClF3N3O4S/c1-5-7-13-31-25(35)22(6-2)32(16-19-10-8-9-18(3)14-19)24(34)17-33(38(4,36)37)23-15-20(26(28,29)30)11-12-21(23)27/h8-12,14-15,22H,5-7,13,16-17H2,1-4H3,(H,31,35)/t22-/m1/s1. The second-order valence-corrected chi connectivity index (χ2v) is 11.3. The molecule has 1 N–H and O–H groups in total. The highest BCUT2D eigenvalue weighted by Gasteiger charge is 2.35. The lowest BCUT2D eigenvalue weighted by Crippen LogP contribution is -2.52. The summed E-state index contributed by atoms with van der Waals surface area (Å²) in [5.41, 5.74) is 0.0367. The molecule has 0 aliphatic carbocycles. The van der Waals surface area contributed by atoms with Crippen LogP contribution in [0.15, 0.2) is 42.5 Å². The van der Waals surface area contributed by atoms with Gasteiger partial charge in [0.2, 0.25) is 21.8 Å². The number of aryl methyl sites for hydroxylation is 1. The smallest absolute Gasteiger partial charge is 0.354 e. The Hall–Kier alpha value is -2.79. The minimum absolute atomic E-state index is 0.00581. The summed E-state index contributed by atoms with van der Waals surface area (Å²) < 4.78 is 66.0. The Balaban J connectivity index is 2.51. The lowest BCUT2D eigenvalue weighted by molar-refractivity contribution is -0.140. The van der Waals surface area contributed by atoms with Crippen LogP contribution in [-0.2, 0) is 32.3 Å². The van der Waals surface area contributed by atoms with Gasteiger partial charge in [-0.05, 0) is 43.5 Å². The lowest BCUT2D eigenvalue weighted by atomic mass is 10.1. The van der Waals surface area contributed by atoms with Gasteiger partial charge < -0.3 is 10.2 Å². The number of halogens is 4. The molecule has 0 aromatic heterocycles. The van der Waals surface area contributed by atoms with Gasteiger partial charge in [-0.25, -0.2) is 8.42 Å². The van der Waals surface area contributed by atoms with Crippen LogP contribution in [0.5, 0.6) is 0 Å². The number of anilines is 1. The average Bonchev–Trinajstić information content (AvgIpc) is 2.81. The van der Waals surface area contributed by atoms with Crippen molar-refractivity contribution < 1.29 is 31.2 Å². The zero-order valence-electron chi connectivity index (χ0n) is 21.8. The number of nitrogens with one attached hydrogen (secondary N) is 1. The molecule has 0 radical (unpaired) electrons. The fraction of sp³-hybridized carbons (Fsp3) is 0.462. The Morgan fingerprint density at radius 1 is 1.11 bits per heavy atom. The Kier molecular flexibility index (Phi) is 11.0. The predicted octanol–water partition coefficient (Wildman–Crippen LogP) is 5.16. The summed E-state index contributed by atoms with van der Waals surface area (Å²) in [7, 11) is -4.25. The third kappa shape index (κ3) is 8.62. The van der Waals surface area contributed by atoms with Gasteiger partial charge in [-0.1, -0.05) is 61.7 Å². The number of hydrogen-bond donors (Lipinski definition) is 1. The van der Waals surface area contributed by atoms with E-state index in [1.165, 1.54) is 4.90 Å². The maximum atomic E-state index is 13.7.